The number of likely N-dealkylation sites (N-methyl/N-ethyl adjacent to an activating group) is 1. The Morgan fingerprint density at radius 3 is 2.26 bits per heavy atom. The number of hydrogen-bond acceptors (Lipinski definition) is 5. The van der Waals surface area contributed by atoms with Gasteiger partial charge >= 0.3 is 0 Å². The van der Waals surface area contributed by atoms with Crippen molar-refractivity contribution in [2.24, 2.45) is 0 Å². The highest BCUT2D eigenvalue weighted by molar-refractivity contribution is 5.95. The van der Waals surface area contributed by atoms with Crippen LogP contribution in [0, 0.1) is 13.8 Å². The van der Waals surface area contributed by atoms with Crippen LogP contribution in [0.3, 0.4) is 0 Å². The van der Waals surface area contributed by atoms with E-state index in [0.717, 1.165) is 11.3 Å². The van der Waals surface area contributed by atoms with Gasteiger partial charge < -0.3 is 15.4 Å². The predicted octanol–water partition coefficient (Wildman–Crippen LogP) is 4.00. The number of aromatic nitrogens is 1. The maximum absolute atomic E-state index is 12.5. The molecule has 0 unspecified atom stereocenters. The third-order valence-corrected chi connectivity index (χ3v) is 4.39. The molecule has 0 fully saturated rings. The molecule has 0 radical (unpaired) electrons. The van der Waals surface area contributed by atoms with Gasteiger partial charge in [0, 0.05) is 5.69 Å². The van der Waals surface area contributed by atoms with Crippen LogP contribution < -0.4 is 15.4 Å². The highest BCUT2D eigenvalue weighted by atomic mass is 16.5. The Kier molecular flexibility index (Phi) is 7.35. The smallest absolute Gasteiger partial charge is 0.239 e. The zero-order valence-electron chi connectivity index (χ0n) is 17.9. The zero-order chi connectivity index (χ0) is 22.2. The van der Waals surface area contributed by atoms with E-state index in [-0.39, 0.29) is 24.9 Å². The molecule has 0 saturated heterocycles. The molecule has 2 amide bonds. The fourth-order valence-electron chi connectivity index (χ4n) is 2.92. The fraction of sp³-hybridized carbons (Fsp3) is 0.208. The molecule has 1 heterocycles. The van der Waals surface area contributed by atoms with Gasteiger partial charge in [0.2, 0.25) is 11.8 Å². The Morgan fingerprint density at radius 2 is 1.55 bits per heavy atom. The quantitative estimate of drug-likeness (QED) is 0.578. The van der Waals surface area contributed by atoms with E-state index >= 15 is 0 Å². The molecular weight excluding hydrogens is 392 g/mol. The summed E-state index contributed by atoms with van der Waals surface area (Å²) in [4.78, 5) is 30.6. The van der Waals surface area contributed by atoms with Crippen molar-refractivity contribution in [2.75, 3.05) is 30.8 Å². The Labute approximate surface area is 182 Å². The predicted molar refractivity (Wildman–Crippen MR) is 121 cm³/mol. The van der Waals surface area contributed by atoms with Crippen LogP contribution >= 0.6 is 0 Å². The van der Waals surface area contributed by atoms with Crippen LogP contribution in [0.4, 0.5) is 11.5 Å². The number of pyridine rings is 1. The van der Waals surface area contributed by atoms with Crippen molar-refractivity contribution in [3.05, 3.63) is 78.0 Å². The summed E-state index contributed by atoms with van der Waals surface area (Å²) in [5.74, 6) is 1.24. The van der Waals surface area contributed by atoms with Gasteiger partial charge in [0.25, 0.3) is 0 Å². The summed E-state index contributed by atoms with van der Waals surface area (Å²) in [5.41, 5.74) is 2.52. The van der Waals surface area contributed by atoms with Crippen LogP contribution in [-0.4, -0.2) is 41.8 Å². The number of hydrogen-bond donors (Lipinski definition) is 2. The van der Waals surface area contributed by atoms with E-state index in [1.165, 1.54) is 0 Å². The summed E-state index contributed by atoms with van der Waals surface area (Å²) in [6.45, 7) is 3.97. The van der Waals surface area contributed by atoms with E-state index in [9.17, 15) is 9.59 Å². The molecule has 2 aromatic carbocycles. The first-order valence-corrected chi connectivity index (χ1v) is 9.94. The second-order valence-electron chi connectivity index (χ2n) is 7.34. The van der Waals surface area contributed by atoms with Crippen LogP contribution in [0.2, 0.25) is 0 Å². The Balaban J connectivity index is 1.54. The molecule has 0 aliphatic heterocycles. The van der Waals surface area contributed by atoms with Crippen molar-refractivity contribution in [3.63, 3.8) is 0 Å². The molecular formula is C24H26N4O3. The van der Waals surface area contributed by atoms with E-state index in [0.29, 0.717) is 23.0 Å². The molecule has 3 aromatic rings. The van der Waals surface area contributed by atoms with Gasteiger partial charge in [0.15, 0.2) is 5.75 Å². The van der Waals surface area contributed by atoms with Gasteiger partial charge in [-0.3, -0.25) is 14.5 Å². The van der Waals surface area contributed by atoms with Crippen molar-refractivity contribution in [1.29, 1.82) is 0 Å². The lowest BCUT2D eigenvalue weighted by molar-refractivity contribution is -0.119. The highest BCUT2D eigenvalue weighted by Crippen LogP contribution is 2.29. The number of rotatable bonds is 8. The molecule has 0 spiro atoms. The van der Waals surface area contributed by atoms with E-state index in [1.807, 2.05) is 62.4 Å². The van der Waals surface area contributed by atoms with Gasteiger partial charge in [0.1, 0.15) is 11.6 Å². The lowest BCUT2D eigenvalue weighted by Crippen LogP contribution is -2.36. The SMILES string of the molecule is Cc1ccc(Oc2ccccc2NC(=O)CN(C)CC(=O)Nc2cccc(C)n2)cc1. The van der Waals surface area contributed by atoms with Gasteiger partial charge in [-0.2, -0.15) is 0 Å². The topological polar surface area (TPSA) is 83.6 Å². The lowest BCUT2D eigenvalue weighted by atomic mass is 10.2. The van der Waals surface area contributed by atoms with Gasteiger partial charge in [-0.1, -0.05) is 35.9 Å². The third-order valence-electron chi connectivity index (χ3n) is 4.39. The number of amides is 2. The molecule has 0 saturated carbocycles. The van der Waals surface area contributed by atoms with Crippen molar-refractivity contribution in [3.8, 4) is 11.5 Å². The van der Waals surface area contributed by atoms with Gasteiger partial charge in [-0.15, -0.1) is 0 Å². The molecule has 1 aromatic heterocycles. The first-order chi connectivity index (χ1) is 14.9. The van der Waals surface area contributed by atoms with Gasteiger partial charge in [-0.25, -0.2) is 4.98 Å². The first kappa shape index (κ1) is 22.0. The lowest BCUT2D eigenvalue weighted by Gasteiger charge is -2.17. The molecule has 3 rings (SSSR count). The van der Waals surface area contributed by atoms with E-state index in [1.54, 1.807) is 30.1 Å². The number of anilines is 2. The van der Waals surface area contributed by atoms with Crippen LogP contribution in [0.15, 0.2) is 66.7 Å². The standard InChI is InChI=1S/C24H26N4O3/c1-17-11-13-19(14-12-17)31-21-9-5-4-8-20(21)26-23(29)15-28(3)16-24(30)27-22-10-6-7-18(2)25-22/h4-14H,15-16H2,1-3H3,(H,26,29)(H,25,27,30). The monoisotopic (exact) mass is 418 g/mol. The maximum atomic E-state index is 12.5. The molecule has 0 aliphatic rings. The molecule has 2 N–H and O–H groups in total. The van der Waals surface area contributed by atoms with Crippen molar-refractivity contribution >= 4 is 23.3 Å². The van der Waals surface area contributed by atoms with Crippen molar-refractivity contribution < 1.29 is 14.3 Å². The number of aryl methyl sites for hydroxylation is 2. The molecule has 160 valence electrons. The minimum absolute atomic E-state index is 0.0491. The average Bonchev–Trinajstić information content (AvgIpc) is 2.71. The summed E-state index contributed by atoms with van der Waals surface area (Å²) in [6.07, 6.45) is 0. The minimum Gasteiger partial charge on any atom is -0.455 e. The van der Waals surface area contributed by atoms with Crippen molar-refractivity contribution in [2.45, 2.75) is 13.8 Å². The Hall–Kier alpha value is -3.71. The number of ether oxygens (including phenoxy) is 1. The van der Waals surface area contributed by atoms with Crippen LogP contribution in [0.5, 0.6) is 11.5 Å². The maximum Gasteiger partial charge on any atom is 0.239 e. The molecule has 0 atom stereocenters. The average molecular weight is 418 g/mol. The molecule has 31 heavy (non-hydrogen) atoms. The third kappa shape index (κ3) is 6.94. The summed E-state index contributed by atoms with van der Waals surface area (Å²) in [7, 11) is 1.71. The molecule has 0 aliphatic carbocycles. The number of carbonyl (C=O) groups is 2. The van der Waals surface area contributed by atoms with Gasteiger partial charge in [-0.05, 0) is 57.3 Å². The van der Waals surface area contributed by atoms with Crippen LogP contribution in [0.1, 0.15) is 11.3 Å². The van der Waals surface area contributed by atoms with Gasteiger partial charge in [0.05, 0.1) is 18.8 Å². The highest BCUT2D eigenvalue weighted by Gasteiger charge is 2.13. The van der Waals surface area contributed by atoms with Crippen LogP contribution in [-0.2, 0) is 9.59 Å². The molecule has 0 bridgehead atoms. The Bertz CT molecular complexity index is 1050. The molecule has 7 nitrogen and oxygen atoms in total. The minimum atomic E-state index is -0.246. The Morgan fingerprint density at radius 1 is 0.871 bits per heavy atom. The number of para-hydroxylation sites is 2. The normalized spacial score (nSPS) is 10.6. The van der Waals surface area contributed by atoms with E-state index < -0.39 is 0 Å². The summed E-state index contributed by atoms with van der Waals surface area (Å²) in [6, 6.07) is 20.3. The number of benzene rings is 2. The first-order valence-electron chi connectivity index (χ1n) is 9.94. The van der Waals surface area contributed by atoms with E-state index in [4.69, 9.17) is 4.74 Å². The number of carbonyl (C=O) groups excluding carboxylic acids is 2. The largest absolute Gasteiger partial charge is 0.455 e. The second-order valence-corrected chi connectivity index (χ2v) is 7.34. The molecule has 7 heteroatoms. The summed E-state index contributed by atoms with van der Waals surface area (Å²) >= 11 is 0. The van der Waals surface area contributed by atoms with Crippen LogP contribution in [0.25, 0.3) is 0 Å². The van der Waals surface area contributed by atoms with Crippen molar-refractivity contribution in [1.82, 2.24) is 9.88 Å². The second kappa shape index (κ2) is 10.4. The fourth-order valence-corrected chi connectivity index (χ4v) is 2.92. The number of nitrogens with one attached hydrogen (secondary N) is 2. The summed E-state index contributed by atoms with van der Waals surface area (Å²) in [5, 5.41) is 5.59. The number of nitrogens with zero attached hydrogens (tertiary/aromatic N) is 2. The summed E-state index contributed by atoms with van der Waals surface area (Å²) < 4.78 is 5.91. The van der Waals surface area contributed by atoms with E-state index in [2.05, 4.69) is 15.6 Å². The zero-order valence-corrected chi connectivity index (χ0v) is 17.9.